The van der Waals surface area contributed by atoms with E-state index >= 15 is 0 Å². The molecular formula is C15H11BrN2O4S. The second-order valence-electron chi connectivity index (χ2n) is 4.62. The van der Waals surface area contributed by atoms with Crippen LogP contribution in [0.3, 0.4) is 0 Å². The zero-order chi connectivity index (χ0) is 16.4. The van der Waals surface area contributed by atoms with E-state index in [0.717, 1.165) is 9.86 Å². The largest absolute Gasteiger partial charge is 0.469 e. The van der Waals surface area contributed by atoms with E-state index in [1.54, 1.807) is 11.4 Å². The molecule has 0 spiro atoms. The summed E-state index contributed by atoms with van der Waals surface area (Å²) in [4.78, 5) is 27.6. The highest BCUT2D eigenvalue weighted by Gasteiger charge is 2.16. The minimum absolute atomic E-state index is 0.0699. The summed E-state index contributed by atoms with van der Waals surface area (Å²) in [5.74, 6) is -0.584. The van der Waals surface area contributed by atoms with Gasteiger partial charge in [-0.25, -0.2) is 4.98 Å². The molecule has 2 aromatic heterocycles. The van der Waals surface area contributed by atoms with E-state index in [1.165, 1.54) is 18.4 Å². The van der Waals surface area contributed by atoms with Crippen molar-refractivity contribution in [3.8, 4) is 0 Å². The third-order valence-electron chi connectivity index (χ3n) is 3.05. The lowest BCUT2D eigenvalue weighted by Gasteiger charge is -1.98. The number of carbonyl (C=O) groups is 2. The quantitative estimate of drug-likeness (QED) is 0.683. The molecule has 0 aliphatic carbocycles. The average Bonchev–Trinajstić information content (AvgIpc) is 3.14. The molecule has 1 amide bonds. The van der Waals surface area contributed by atoms with Crippen molar-refractivity contribution in [1.29, 1.82) is 0 Å². The van der Waals surface area contributed by atoms with Gasteiger partial charge in [-0.3, -0.25) is 14.9 Å². The number of furan rings is 1. The highest BCUT2D eigenvalue weighted by Crippen LogP contribution is 2.27. The molecule has 23 heavy (non-hydrogen) atoms. The predicted octanol–water partition coefficient (Wildman–Crippen LogP) is 3.62. The van der Waals surface area contributed by atoms with Gasteiger partial charge in [0.15, 0.2) is 10.9 Å². The van der Waals surface area contributed by atoms with Crippen molar-refractivity contribution < 1.29 is 18.7 Å². The molecule has 0 aliphatic rings. The summed E-state index contributed by atoms with van der Waals surface area (Å²) in [7, 11) is 1.32. The molecule has 0 saturated carbocycles. The molecule has 3 aromatic rings. The van der Waals surface area contributed by atoms with Crippen LogP contribution in [-0.4, -0.2) is 24.0 Å². The van der Waals surface area contributed by atoms with Crippen LogP contribution >= 0.6 is 27.3 Å². The monoisotopic (exact) mass is 394 g/mol. The molecule has 8 heteroatoms. The average molecular weight is 395 g/mol. The highest BCUT2D eigenvalue weighted by atomic mass is 79.9. The number of thiazole rings is 1. The summed E-state index contributed by atoms with van der Waals surface area (Å²) >= 11 is 4.61. The Bertz CT molecular complexity index is 887. The standard InChI is InChI=1S/C15H11BrN2O4S/c1-21-12(19)6-9-7-23-15(17-9)18-14(20)11-5-8-3-2-4-10(16)13(8)22-11/h2-5,7H,6H2,1H3,(H,17,18,20). The van der Waals surface area contributed by atoms with Crippen LogP contribution in [0.2, 0.25) is 0 Å². The Balaban J connectivity index is 1.75. The van der Waals surface area contributed by atoms with Crippen LogP contribution in [0.15, 0.2) is 38.5 Å². The van der Waals surface area contributed by atoms with Crippen LogP contribution in [-0.2, 0) is 16.0 Å². The Labute approximate surface area is 143 Å². The number of ether oxygens (including phenoxy) is 1. The van der Waals surface area contributed by atoms with E-state index in [2.05, 4.69) is 31.0 Å². The molecule has 1 N–H and O–H groups in total. The second kappa shape index (κ2) is 6.51. The van der Waals surface area contributed by atoms with Gasteiger partial charge in [0.05, 0.1) is 23.7 Å². The number of nitrogens with zero attached hydrogens (tertiary/aromatic N) is 1. The number of aromatic nitrogens is 1. The lowest BCUT2D eigenvalue weighted by atomic mass is 10.2. The third-order valence-corrected chi connectivity index (χ3v) is 4.48. The number of nitrogens with one attached hydrogen (secondary N) is 1. The number of para-hydroxylation sites is 1. The van der Waals surface area contributed by atoms with Gasteiger partial charge in [0.25, 0.3) is 5.91 Å². The zero-order valence-corrected chi connectivity index (χ0v) is 14.4. The van der Waals surface area contributed by atoms with E-state index < -0.39 is 5.91 Å². The zero-order valence-electron chi connectivity index (χ0n) is 12.0. The van der Waals surface area contributed by atoms with Gasteiger partial charge in [0, 0.05) is 10.8 Å². The van der Waals surface area contributed by atoms with Crippen molar-refractivity contribution in [3.05, 3.63) is 45.6 Å². The summed E-state index contributed by atoms with van der Waals surface area (Å²) in [5, 5.41) is 5.58. The Kier molecular flexibility index (Phi) is 4.44. The summed E-state index contributed by atoms with van der Waals surface area (Å²) in [5.41, 5.74) is 1.16. The maximum Gasteiger partial charge on any atom is 0.311 e. The van der Waals surface area contributed by atoms with Gasteiger partial charge < -0.3 is 9.15 Å². The molecule has 0 unspecified atom stereocenters. The Morgan fingerprint density at radius 2 is 2.26 bits per heavy atom. The van der Waals surface area contributed by atoms with E-state index in [0.29, 0.717) is 16.4 Å². The van der Waals surface area contributed by atoms with Crippen LogP contribution in [0.5, 0.6) is 0 Å². The molecule has 0 radical (unpaired) electrons. The Hall–Kier alpha value is -2.19. The summed E-state index contributed by atoms with van der Waals surface area (Å²) in [6, 6.07) is 7.23. The molecule has 3 rings (SSSR count). The maximum atomic E-state index is 12.2. The van der Waals surface area contributed by atoms with Gasteiger partial charge in [-0.15, -0.1) is 11.3 Å². The molecular weight excluding hydrogens is 384 g/mol. The predicted molar refractivity (Wildman–Crippen MR) is 89.7 cm³/mol. The minimum atomic E-state index is -0.396. The molecule has 6 nitrogen and oxygen atoms in total. The van der Waals surface area contributed by atoms with Gasteiger partial charge >= 0.3 is 5.97 Å². The van der Waals surface area contributed by atoms with Crippen LogP contribution in [0, 0.1) is 0 Å². The highest BCUT2D eigenvalue weighted by molar-refractivity contribution is 9.10. The molecule has 0 aliphatic heterocycles. The molecule has 118 valence electrons. The van der Waals surface area contributed by atoms with Crippen molar-refractivity contribution in [2.24, 2.45) is 0 Å². The Morgan fingerprint density at radius 1 is 1.43 bits per heavy atom. The minimum Gasteiger partial charge on any atom is -0.469 e. The first kappa shape index (κ1) is 15.7. The molecule has 0 fully saturated rings. The van der Waals surface area contributed by atoms with E-state index in [9.17, 15) is 9.59 Å². The lowest BCUT2D eigenvalue weighted by Crippen LogP contribution is -2.11. The number of amides is 1. The first-order chi connectivity index (χ1) is 11.1. The number of benzene rings is 1. The fraction of sp³-hybridized carbons (Fsp3) is 0.133. The van der Waals surface area contributed by atoms with E-state index in [1.807, 2.05) is 18.2 Å². The summed E-state index contributed by atoms with van der Waals surface area (Å²) in [6.45, 7) is 0. The fourth-order valence-electron chi connectivity index (χ4n) is 1.96. The number of fused-ring (bicyclic) bond motifs is 1. The van der Waals surface area contributed by atoms with Crippen molar-refractivity contribution in [2.45, 2.75) is 6.42 Å². The first-order valence-corrected chi connectivity index (χ1v) is 8.24. The number of hydrogen-bond donors (Lipinski definition) is 1. The van der Waals surface area contributed by atoms with E-state index in [4.69, 9.17) is 4.42 Å². The van der Waals surface area contributed by atoms with Crippen molar-refractivity contribution >= 4 is 55.2 Å². The normalized spacial score (nSPS) is 10.7. The second-order valence-corrected chi connectivity index (χ2v) is 6.33. The smallest absolute Gasteiger partial charge is 0.311 e. The Morgan fingerprint density at radius 3 is 3.00 bits per heavy atom. The van der Waals surface area contributed by atoms with Crippen LogP contribution in [0.4, 0.5) is 5.13 Å². The molecule has 2 heterocycles. The van der Waals surface area contributed by atoms with Gasteiger partial charge in [-0.05, 0) is 28.1 Å². The van der Waals surface area contributed by atoms with E-state index in [-0.39, 0.29) is 18.2 Å². The van der Waals surface area contributed by atoms with Crippen molar-refractivity contribution in [1.82, 2.24) is 4.98 Å². The van der Waals surface area contributed by atoms with Crippen LogP contribution in [0.1, 0.15) is 16.2 Å². The number of methoxy groups -OCH3 is 1. The third kappa shape index (κ3) is 3.43. The molecule has 0 saturated heterocycles. The molecule has 1 aromatic carbocycles. The number of hydrogen-bond acceptors (Lipinski definition) is 6. The molecule has 0 bridgehead atoms. The number of esters is 1. The first-order valence-electron chi connectivity index (χ1n) is 6.57. The van der Waals surface area contributed by atoms with Crippen LogP contribution < -0.4 is 5.32 Å². The number of rotatable bonds is 4. The van der Waals surface area contributed by atoms with Gasteiger partial charge in [0.1, 0.15) is 5.58 Å². The van der Waals surface area contributed by atoms with Crippen LogP contribution in [0.25, 0.3) is 11.0 Å². The van der Waals surface area contributed by atoms with Gasteiger partial charge in [0.2, 0.25) is 0 Å². The number of halogens is 1. The summed E-state index contributed by atoms with van der Waals surface area (Å²) < 4.78 is 10.9. The maximum absolute atomic E-state index is 12.2. The van der Waals surface area contributed by atoms with Gasteiger partial charge in [-0.2, -0.15) is 0 Å². The van der Waals surface area contributed by atoms with Gasteiger partial charge in [-0.1, -0.05) is 12.1 Å². The lowest BCUT2D eigenvalue weighted by molar-refractivity contribution is -0.139. The molecule has 0 atom stereocenters. The SMILES string of the molecule is COC(=O)Cc1csc(NC(=O)c2cc3cccc(Br)c3o2)n1. The number of anilines is 1. The topological polar surface area (TPSA) is 81.4 Å². The summed E-state index contributed by atoms with van der Waals surface area (Å²) in [6.07, 6.45) is 0.0699. The van der Waals surface area contributed by atoms with Crippen molar-refractivity contribution in [2.75, 3.05) is 12.4 Å². The number of carbonyl (C=O) groups excluding carboxylic acids is 2. The fourth-order valence-corrected chi connectivity index (χ4v) is 3.13. The van der Waals surface area contributed by atoms with Crippen molar-refractivity contribution in [3.63, 3.8) is 0 Å².